The fourth-order valence-electron chi connectivity index (χ4n) is 2.90. The quantitative estimate of drug-likeness (QED) is 0.629. The first kappa shape index (κ1) is 12.4. The zero-order valence-electron chi connectivity index (χ0n) is 11.8. The first-order valence-electron chi connectivity index (χ1n) is 6.64. The van der Waals surface area contributed by atoms with Crippen LogP contribution in [0.15, 0.2) is 24.3 Å². The van der Waals surface area contributed by atoms with Crippen LogP contribution in [0.4, 0.5) is 0 Å². The van der Waals surface area contributed by atoms with E-state index < -0.39 is 0 Å². The van der Waals surface area contributed by atoms with Crippen LogP contribution in [0.2, 0.25) is 0 Å². The van der Waals surface area contributed by atoms with E-state index in [1.54, 1.807) is 11.1 Å². The standard InChI is InChI=1S/C17H24/c1-6-7-13-8-9-14-15(12-13)17(4,5)11-10-16(14,2)3/h6-9,12H,10-11H2,1-5H3. The lowest BCUT2D eigenvalue weighted by atomic mass is 9.63. The summed E-state index contributed by atoms with van der Waals surface area (Å²) in [4.78, 5) is 0. The zero-order valence-corrected chi connectivity index (χ0v) is 11.8. The van der Waals surface area contributed by atoms with E-state index in [4.69, 9.17) is 0 Å². The molecule has 0 saturated carbocycles. The van der Waals surface area contributed by atoms with Gasteiger partial charge in [-0.05, 0) is 47.3 Å². The van der Waals surface area contributed by atoms with Gasteiger partial charge in [-0.1, -0.05) is 58.0 Å². The maximum absolute atomic E-state index is 2.39. The molecular formula is C17H24. The highest BCUT2D eigenvalue weighted by Gasteiger charge is 2.36. The maximum atomic E-state index is 2.39. The topological polar surface area (TPSA) is 0 Å². The van der Waals surface area contributed by atoms with Crippen molar-refractivity contribution in [3.8, 4) is 0 Å². The fraction of sp³-hybridized carbons (Fsp3) is 0.529. The highest BCUT2D eigenvalue weighted by Crippen LogP contribution is 2.45. The van der Waals surface area contributed by atoms with E-state index in [0.29, 0.717) is 10.8 Å². The lowest BCUT2D eigenvalue weighted by Gasteiger charge is -2.42. The smallest absolute Gasteiger partial charge is 0.0100 e. The van der Waals surface area contributed by atoms with Gasteiger partial charge in [0.2, 0.25) is 0 Å². The predicted octanol–water partition coefficient (Wildman–Crippen LogP) is 5.07. The lowest BCUT2D eigenvalue weighted by molar-refractivity contribution is 0.332. The SMILES string of the molecule is CC=Cc1ccc2c(c1)C(C)(C)CCC2(C)C. The van der Waals surface area contributed by atoms with Crippen molar-refractivity contribution in [3.05, 3.63) is 41.0 Å². The van der Waals surface area contributed by atoms with E-state index >= 15 is 0 Å². The second-order valence-corrected chi connectivity index (χ2v) is 6.57. The summed E-state index contributed by atoms with van der Waals surface area (Å²) in [5.74, 6) is 0. The molecule has 0 N–H and O–H groups in total. The predicted molar refractivity (Wildman–Crippen MR) is 76.4 cm³/mol. The van der Waals surface area contributed by atoms with Crippen LogP contribution >= 0.6 is 0 Å². The molecule has 17 heavy (non-hydrogen) atoms. The Morgan fingerprint density at radius 2 is 1.53 bits per heavy atom. The van der Waals surface area contributed by atoms with Gasteiger partial charge in [0.1, 0.15) is 0 Å². The van der Waals surface area contributed by atoms with Gasteiger partial charge in [-0.3, -0.25) is 0 Å². The molecule has 2 rings (SSSR count). The molecule has 0 heteroatoms. The highest BCUT2D eigenvalue weighted by molar-refractivity contribution is 5.54. The summed E-state index contributed by atoms with van der Waals surface area (Å²) in [6.45, 7) is 11.6. The Bertz CT molecular complexity index is 447. The normalized spacial score (nSPS) is 21.5. The van der Waals surface area contributed by atoms with E-state index in [1.807, 2.05) is 0 Å². The molecular weight excluding hydrogens is 204 g/mol. The van der Waals surface area contributed by atoms with Crippen molar-refractivity contribution in [2.45, 2.75) is 58.3 Å². The summed E-state index contributed by atoms with van der Waals surface area (Å²) in [5.41, 5.74) is 5.07. The molecule has 0 nitrogen and oxygen atoms in total. The molecule has 0 amide bonds. The number of fused-ring (bicyclic) bond motifs is 1. The number of hydrogen-bond acceptors (Lipinski definition) is 0. The summed E-state index contributed by atoms with van der Waals surface area (Å²) in [5, 5.41) is 0. The van der Waals surface area contributed by atoms with Crippen molar-refractivity contribution in [1.29, 1.82) is 0 Å². The average Bonchev–Trinajstić information content (AvgIpc) is 2.26. The first-order chi connectivity index (χ1) is 7.87. The summed E-state index contributed by atoms with van der Waals surface area (Å²) >= 11 is 0. The molecule has 92 valence electrons. The third kappa shape index (κ3) is 2.18. The van der Waals surface area contributed by atoms with E-state index in [9.17, 15) is 0 Å². The van der Waals surface area contributed by atoms with Crippen LogP contribution in [0.5, 0.6) is 0 Å². The number of benzene rings is 1. The van der Waals surface area contributed by atoms with E-state index in [2.05, 4.69) is 65.0 Å². The second-order valence-electron chi connectivity index (χ2n) is 6.57. The van der Waals surface area contributed by atoms with Crippen molar-refractivity contribution in [2.75, 3.05) is 0 Å². The number of rotatable bonds is 1. The van der Waals surface area contributed by atoms with Gasteiger partial charge in [0.05, 0.1) is 0 Å². The van der Waals surface area contributed by atoms with Crippen molar-refractivity contribution in [1.82, 2.24) is 0 Å². The Hall–Kier alpha value is -1.04. The molecule has 1 aliphatic carbocycles. The summed E-state index contributed by atoms with van der Waals surface area (Å²) in [6.07, 6.45) is 6.88. The van der Waals surface area contributed by atoms with Gasteiger partial charge in [-0.15, -0.1) is 0 Å². The van der Waals surface area contributed by atoms with Gasteiger partial charge >= 0.3 is 0 Å². The van der Waals surface area contributed by atoms with Crippen molar-refractivity contribution < 1.29 is 0 Å². The minimum absolute atomic E-state index is 0.322. The van der Waals surface area contributed by atoms with Gasteiger partial charge in [-0.2, -0.15) is 0 Å². The minimum atomic E-state index is 0.322. The van der Waals surface area contributed by atoms with Crippen LogP contribution < -0.4 is 0 Å². The van der Waals surface area contributed by atoms with Crippen molar-refractivity contribution >= 4 is 6.08 Å². The molecule has 0 heterocycles. The second kappa shape index (κ2) is 4.01. The third-order valence-corrected chi connectivity index (χ3v) is 4.24. The Labute approximate surface area is 106 Å². The molecule has 0 aliphatic heterocycles. The minimum Gasteiger partial charge on any atom is -0.0871 e. The summed E-state index contributed by atoms with van der Waals surface area (Å²) in [7, 11) is 0. The monoisotopic (exact) mass is 228 g/mol. The van der Waals surface area contributed by atoms with Gasteiger partial charge < -0.3 is 0 Å². The Kier molecular flexibility index (Phi) is 2.93. The molecule has 1 aromatic rings. The lowest BCUT2D eigenvalue weighted by Crippen LogP contribution is -2.33. The Morgan fingerprint density at radius 1 is 0.941 bits per heavy atom. The largest absolute Gasteiger partial charge is 0.0871 e. The molecule has 0 radical (unpaired) electrons. The van der Waals surface area contributed by atoms with Gasteiger partial charge in [0.25, 0.3) is 0 Å². The molecule has 0 spiro atoms. The van der Waals surface area contributed by atoms with Crippen LogP contribution in [0.25, 0.3) is 6.08 Å². The van der Waals surface area contributed by atoms with Gasteiger partial charge in [0.15, 0.2) is 0 Å². The van der Waals surface area contributed by atoms with E-state index in [0.717, 1.165) is 0 Å². The van der Waals surface area contributed by atoms with Crippen molar-refractivity contribution in [3.63, 3.8) is 0 Å². The first-order valence-corrected chi connectivity index (χ1v) is 6.64. The highest BCUT2D eigenvalue weighted by atomic mass is 14.4. The van der Waals surface area contributed by atoms with Gasteiger partial charge in [-0.25, -0.2) is 0 Å². The average molecular weight is 228 g/mol. The van der Waals surface area contributed by atoms with E-state index in [1.165, 1.54) is 18.4 Å². The Morgan fingerprint density at radius 3 is 2.12 bits per heavy atom. The Balaban J connectivity index is 2.60. The summed E-state index contributed by atoms with van der Waals surface area (Å²) < 4.78 is 0. The zero-order chi connectivity index (χ0) is 12.7. The third-order valence-electron chi connectivity index (χ3n) is 4.24. The van der Waals surface area contributed by atoms with E-state index in [-0.39, 0.29) is 0 Å². The molecule has 0 saturated heterocycles. The molecule has 0 bridgehead atoms. The van der Waals surface area contributed by atoms with Crippen LogP contribution in [-0.4, -0.2) is 0 Å². The number of hydrogen-bond donors (Lipinski definition) is 0. The van der Waals surface area contributed by atoms with Crippen LogP contribution in [0.3, 0.4) is 0 Å². The summed E-state index contributed by atoms with van der Waals surface area (Å²) in [6, 6.07) is 6.98. The van der Waals surface area contributed by atoms with Gasteiger partial charge in [0, 0.05) is 0 Å². The molecule has 1 aromatic carbocycles. The van der Waals surface area contributed by atoms with Crippen molar-refractivity contribution in [2.24, 2.45) is 0 Å². The molecule has 1 aliphatic rings. The van der Waals surface area contributed by atoms with Crippen LogP contribution in [0.1, 0.15) is 64.2 Å². The van der Waals surface area contributed by atoms with Crippen LogP contribution in [-0.2, 0) is 10.8 Å². The maximum Gasteiger partial charge on any atom is -0.0100 e. The molecule has 0 aromatic heterocycles. The molecule has 0 fully saturated rings. The number of allylic oxidation sites excluding steroid dienone is 1. The molecule has 0 unspecified atom stereocenters. The fourth-order valence-corrected chi connectivity index (χ4v) is 2.90. The van der Waals surface area contributed by atoms with Crippen LogP contribution in [0, 0.1) is 0 Å². The molecule has 0 atom stereocenters.